The molecule has 6 nitrogen and oxygen atoms in total. The highest BCUT2D eigenvalue weighted by Crippen LogP contribution is 2.41. The Bertz CT molecular complexity index is 1680. The Balaban J connectivity index is 1.41. The lowest BCUT2D eigenvalue weighted by molar-refractivity contribution is 0.103. The number of benzene rings is 2. The van der Waals surface area contributed by atoms with Gasteiger partial charge in [-0.2, -0.15) is 0 Å². The van der Waals surface area contributed by atoms with Crippen LogP contribution in [0.1, 0.15) is 9.67 Å². The molecule has 0 aliphatic rings. The number of hydrogen-bond acceptors (Lipinski definition) is 7. The monoisotopic (exact) mass is 505 g/mol. The van der Waals surface area contributed by atoms with Crippen molar-refractivity contribution in [3.63, 3.8) is 0 Å². The highest BCUT2D eigenvalue weighted by molar-refractivity contribution is 7.21. The number of hydrogen-bond donors (Lipinski definition) is 2. The predicted molar refractivity (Wildman–Crippen MR) is 148 cm³/mol. The molecular formula is C28H19N5OS2. The number of carbonyl (C=O) groups excluding carboxylic acids is 1. The SMILES string of the molecule is Nc1c(C(=O)Nc2nc(-c3cccnc3)cs2)sc2nc(-c3ccccc3)cc(-c3ccccc3)c12. The van der Waals surface area contributed by atoms with Crippen LogP contribution in [0.4, 0.5) is 10.8 Å². The zero-order valence-corrected chi connectivity index (χ0v) is 20.5. The van der Waals surface area contributed by atoms with E-state index in [9.17, 15) is 4.79 Å². The highest BCUT2D eigenvalue weighted by Gasteiger charge is 2.22. The van der Waals surface area contributed by atoms with E-state index in [-0.39, 0.29) is 5.91 Å². The van der Waals surface area contributed by atoms with Crippen LogP contribution in [0.15, 0.2) is 96.6 Å². The van der Waals surface area contributed by atoms with E-state index < -0.39 is 0 Å². The number of amides is 1. The smallest absolute Gasteiger partial charge is 0.269 e. The lowest BCUT2D eigenvalue weighted by Crippen LogP contribution is -2.11. The molecule has 4 heterocycles. The fourth-order valence-corrected chi connectivity index (χ4v) is 5.75. The van der Waals surface area contributed by atoms with Crippen LogP contribution < -0.4 is 11.1 Å². The number of nitrogen functional groups attached to an aromatic ring is 1. The van der Waals surface area contributed by atoms with Crippen LogP contribution in [-0.2, 0) is 0 Å². The number of carbonyl (C=O) groups is 1. The molecule has 174 valence electrons. The van der Waals surface area contributed by atoms with Crippen LogP contribution in [-0.4, -0.2) is 20.9 Å². The summed E-state index contributed by atoms with van der Waals surface area (Å²) < 4.78 is 0. The summed E-state index contributed by atoms with van der Waals surface area (Å²) in [6, 6.07) is 25.8. The van der Waals surface area contributed by atoms with Crippen molar-refractivity contribution >= 4 is 49.6 Å². The van der Waals surface area contributed by atoms with Crippen molar-refractivity contribution in [1.29, 1.82) is 0 Å². The molecule has 8 heteroatoms. The molecule has 0 saturated heterocycles. The average molecular weight is 506 g/mol. The molecule has 0 aliphatic carbocycles. The molecule has 6 aromatic rings. The second-order valence-corrected chi connectivity index (χ2v) is 9.90. The van der Waals surface area contributed by atoms with Crippen molar-refractivity contribution in [2.75, 3.05) is 11.1 Å². The van der Waals surface area contributed by atoms with Crippen molar-refractivity contribution in [1.82, 2.24) is 15.0 Å². The fourth-order valence-electron chi connectivity index (χ4n) is 4.02. The van der Waals surface area contributed by atoms with Crippen molar-refractivity contribution < 1.29 is 4.79 Å². The van der Waals surface area contributed by atoms with Crippen molar-refractivity contribution in [2.45, 2.75) is 0 Å². The van der Waals surface area contributed by atoms with E-state index >= 15 is 0 Å². The van der Waals surface area contributed by atoms with Crippen molar-refractivity contribution in [3.05, 3.63) is 102 Å². The number of thiazole rings is 1. The molecule has 0 fully saturated rings. The van der Waals surface area contributed by atoms with Crippen LogP contribution in [0.2, 0.25) is 0 Å². The van der Waals surface area contributed by atoms with Gasteiger partial charge >= 0.3 is 0 Å². The van der Waals surface area contributed by atoms with Gasteiger partial charge in [0.1, 0.15) is 9.71 Å². The summed E-state index contributed by atoms with van der Waals surface area (Å²) in [5.41, 5.74) is 12.5. The molecule has 2 aromatic carbocycles. The van der Waals surface area contributed by atoms with Gasteiger partial charge in [0, 0.05) is 34.3 Å². The number of aromatic nitrogens is 3. The first-order valence-corrected chi connectivity index (χ1v) is 12.9. The summed E-state index contributed by atoms with van der Waals surface area (Å²) in [5.74, 6) is -0.303. The van der Waals surface area contributed by atoms with E-state index in [1.54, 1.807) is 12.4 Å². The molecule has 0 unspecified atom stereocenters. The van der Waals surface area contributed by atoms with Gasteiger partial charge in [-0.15, -0.1) is 22.7 Å². The van der Waals surface area contributed by atoms with E-state index in [1.807, 2.05) is 84.2 Å². The Hall–Kier alpha value is -4.40. The van der Waals surface area contributed by atoms with Gasteiger partial charge in [0.15, 0.2) is 5.13 Å². The Morgan fingerprint density at radius 3 is 2.28 bits per heavy atom. The van der Waals surface area contributed by atoms with Crippen molar-refractivity contribution in [2.24, 2.45) is 0 Å². The lowest BCUT2D eigenvalue weighted by atomic mass is 9.99. The maximum atomic E-state index is 13.3. The minimum atomic E-state index is -0.303. The molecular weight excluding hydrogens is 486 g/mol. The van der Waals surface area contributed by atoms with Crippen LogP contribution in [0.25, 0.3) is 43.9 Å². The van der Waals surface area contributed by atoms with Gasteiger partial charge in [-0.05, 0) is 29.3 Å². The summed E-state index contributed by atoms with van der Waals surface area (Å²) in [7, 11) is 0. The Morgan fingerprint density at radius 2 is 1.56 bits per heavy atom. The zero-order valence-electron chi connectivity index (χ0n) is 18.9. The van der Waals surface area contributed by atoms with Crippen LogP contribution in [0.3, 0.4) is 0 Å². The Morgan fingerprint density at radius 1 is 0.833 bits per heavy atom. The molecule has 0 bridgehead atoms. The summed E-state index contributed by atoms with van der Waals surface area (Å²) in [4.78, 5) is 28.0. The molecule has 36 heavy (non-hydrogen) atoms. The van der Waals surface area contributed by atoms with Gasteiger partial charge in [0.25, 0.3) is 5.91 Å². The third-order valence-corrected chi connectivity index (χ3v) is 7.60. The van der Waals surface area contributed by atoms with Gasteiger partial charge in [-0.25, -0.2) is 9.97 Å². The van der Waals surface area contributed by atoms with Gasteiger partial charge in [-0.3, -0.25) is 15.1 Å². The molecule has 1 amide bonds. The van der Waals surface area contributed by atoms with E-state index in [0.29, 0.717) is 20.5 Å². The van der Waals surface area contributed by atoms with Crippen LogP contribution >= 0.6 is 22.7 Å². The molecule has 0 atom stereocenters. The molecule has 0 radical (unpaired) electrons. The first kappa shape index (κ1) is 22.1. The quantitative estimate of drug-likeness (QED) is 0.263. The average Bonchev–Trinajstić information content (AvgIpc) is 3.54. The zero-order chi connectivity index (χ0) is 24.5. The molecule has 0 saturated carbocycles. The first-order chi connectivity index (χ1) is 17.7. The number of fused-ring (bicyclic) bond motifs is 1. The van der Waals surface area contributed by atoms with E-state index in [4.69, 9.17) is 10.7 Å². The van der Waals surface area contributed by atoms with Gasteiger partial charge in [-0.1, -0.05) is 60.7 Å². The summed E-state index contributed by atoms with van der Waals surface area (Å²) in [6.07, 6.45) is 3.45. The molecule has 0 spiro atoms. The topological polar surface area (TPSA) is 93.8 Å². The molecule has 3 N–H and O–H groups in total. The summed E-state index contributed by atoms with van der Waals surface area (Å²) in [6.45, 7) is 0. The van der Waals surface area contributed by atoms with Crippen molar-refractivity contribution in [3.8, 4) is 33.6 Å². The maximum Gasteiger partial charge on any atom is 0.269 e. The third kappa shape index (κ3) is 4.13. The Labute approximate surface area is 215 Å². The standard InChI is InChI=1S/C28H19N5OS2/c29-24-23-20(17-8-3-1-4-9-17)14-21(18-10-5-2-6-11-18)31-27(23)36-25(24)26(34)33-28-32-22(16-35-28)19-12-7-13-30-15-19/h1-16H,29H2,(H,32,33,34). The highest BCUT2D eigenvalue weighted by atomic mass is 32.1. The largest absolute Gasteiger partial charge is 0.397 e. The summed E-state index contributed by atoms with van der Waals surface area (Å²) >= 11 is 2.65. The maximum absolute atomic E-state index is 13.3. The minimum Gasteiger partial charge on any atom is -0.397 e. The molecule has 6 rings (SSSR count). The van der Waals surface area contributed by atoms with E-state index in [0.717, 1.165) is 39.0 Å². The first-order valence-electron chi connectivity index (χ1n) is 11.2. The number of nitrogens with zero attached hydrogens (tertiary/aromatic N) is 3. The number of anilines is 2. The number of thiophene rings is 1. The third-order valence-electron chi connectivity index (χ3n) is 5.74. The lowest BCUT2D eigenvalue weighted by Gasteiger charge is -2.09. The van der Waals surface area contributed by atoms with Gasteiger partial charge in [0.05, 0.1) is 17.1 Å². The van der Waals surface area contributed by atoms with E-state index in [2.05, 4.69) is 15.3 Å². The second kappa shape index (κ2) is 9.33. The van der Waals surface area contributed by atoms with Crippen LogP contribution in [0.5, 0.6) is 0 Å². The number of pyridine rings is 2. The fraction of sp³-hybridized carbons (Fsp3) is 0. The number of nitrogens with two attached hydrogens (primary N) is 1. The van der Waals surface area contributed by atoms with Gasteiger partial charge < -0.3 is 5.73 Å². The van der Waals surface area contributed by atoms with Crippen LogP contribution in [0, 0.1) is 0 Å². The molecule has 4 aromatic heterocycles. The second-order valence-electron chi connectivity index (χ2n) is 8.05. The number of nitrogens with one attached hydrogen (secondary N) is 1. The minimum absolute atomic E-state index is 0.303. The van der Waals surface area contributed by atoms with E-state index in [1.165, 1.54) is 22.7 Å². The number of rotatable bonds is 5. The van der Waals surface area contributed by atoms with Gasteiger partial charge in [0.2, 0.25) is 0 Å². The Kier molecular flexibility index (Phi) is 5.73. The molecule has 0 aliphatic heterocycles. The predicted octanol–water partition coefficient (Wildman–Crippen LogP) is 6.98. The normalized spacial score (nSPS) is 11.0. The summed E-state index contributed by atoms with van der Waals surface area (Å²) in [5, 5.41) is 6.08.